The van der Waals surface area contributed by atoms with Crippen molar-refractivity contribution >= 4 is 5.97 Å². The number of aromatic amines is 1. The zero-order chi connectivity index (χ0) is 16.3. The Morgan fingerprint density at radius 3 is 2.91 bits per heavy atom. The summed E-state index contributed by atoms with van der Waals surface area (Å²) >= 11 is 0. The van der Waals surface area contributed by atoms with Gasteiger partial charge < -0.3 is 15.2 Å². The summed E-state index contributed by atoms with van der Waals surface area (Å²) < 4.78 is 11.8. The van der Waals surface area contributed by atoms with E-state index in [1.54, 1.807) is 0 Å². The molecule has 22 heavy (non-hydrogen) atoms. The molecule has 3 N–H and O–H groups in total. The Kier molecular flexibility index (Phi) is 5.09. The van der Waals surface area contributed by atoms with Gasteiger partial charge in [0.15, 0.2) is 6.23 Å². The lowest BCUT2D eigenvalue weighted by Gasteiger charge is -2.17. The summed E-state index contributed by atoms with van der Waals surface area (Å²) in [5, 5.41) is 3.75. The van der Waals surface area contributed by atoms with E-state index in [-0.39, 0.29) is 18.6 Å². The summed E-state index contributed by atoms with van der Waals surface area (Å²) in [7, 11) is 0. The maximum absolute atomic E-state index is 11.7. The Morgan fingerprint density at radius 1 is 1.55 bits per heavy atom. The second kappa shape index (κ2) is 6.84. The number of nitrogens with zero attached hydrogens (tertiary/aromatic N) is 2. The molecule has 0 radical (unpaired) electrons. The van der Waals surface area contributed by atoms with Crippen LogP contribution in [-0.2, 0) is 14.3 Å². The van der Waals surface area contributed by atoms with Crippen molar-refractivity contribution in [3.63, 3.8) is 0 Å². The van der Waals surface area contributed by atoms with Crippen molar-refractivity contribution in [2.45, 2.75) is 45.1 Å². The van der Waals surface area contributed by atoms with Crippen molar-refractivity contribution in [3.8, 4) is 0 Å². The normalized spacial score (nSPS) is 22.7. The van der Waals surface area contributed by atoms with Gasteiger partial charge in [-0.05, 0) is 18.8 Å². The monoisotopic (exact) mass is 312 g/mol. The molecule has 0 bridgehead atoms. The van der Waals surface area contributed by atoms with E-state index in [0.717, 1.165) is 10.9 Å². The molecule has 3 unspecified atom stereocenters. The standard InChI is InChI=1S/C13H20N4O5/c1-7(2)11(14)12(19)21-6-8-3-4-10(22-8)17-13(20)16-9(18)5-15-17/h5,7-8,10-11H,3-4,6,14H2,1-2H3,(H,16,18,20). The lowest BCUT2D eigenvalue weighted by atomic mass is 10.1. The van der Waals surface area contributed by atoms with Gasteiger partial charge in [-0.3, -0.25) is 14.6 Å². The molecule has 0 aliphatic carbocycles. The van der Waals surface area contributed by atoms with E-state index in [1.807, 2.05) is 13.8 Å². The molecule has 2 rings (SSSR count). The number of hydrogen-bond donors (Lipinski definition) is 2. The molecule has 0 aromatic carbocycles. The van der Waals surface area contributed by atoms with E-state index in [1.165, 1.54) is 0 Å². The fourth-order valence-electron chi connectivity index (χ4n) is 2.10. The number of carbonyl (C=O) groups is 1. The quantitative estimate of drug-likeness (QED) is 0.676. The minimum atomic E-state index is -0.666. The lowest BCUT2D eigenvalue weighted by Crippen LogP contribution is -2.38. The van der Waals surface area contributed by atoms with E-state index in [9.17, 15) is 14.4 Å². The number of hydrogen-bond acceptors (Lipinski definition) is 7. The van der Waals surface area contributed by atoms with E-state index in [4.69, 9.17) is 15.2 Å². The molecule has 2 heterocycles. The fourth-order valence-corrected chi connectivity index (χ4v) is 2.10. The fraction of sp³-hybridized carbons (Fsp3) is 0.692. The molecule has 1 aromatic heterocycles. The Morgan fingerprint density at radius 2 is 2.27 bits per heavy atom. The highest BCUT2D eigenvalue weighted by atomic mass is 16.6. The van der Waals surface area contributed by atoms with Crippen LogP contribution >= 0.6 is 0 Å². The Balaban J connectivity index is 1.89. The van der Waals surface area contributed by atoms with Gasteiger partial charge in [-0.1, -0.05) is 13.8 Å². The first kappa shape index (κ1) is 16.4. The SMILES string of the molecule is CC(C)C(N)C(=O)OCC1CCC(n2ncc(=O)[nH]c2=O)O1. The van der Waals surface area contributed by atoms with Gasteiger partial charge in [0.05, 0.1) is 6.10 Å². The van der Waals surface area contributed by atoms with Gasteiger partial charge in [0.1, 0.15) is 18.8 Å². The maximum atomic E-state index is 11.7. The number of ether oxygens (including phenoxy) is 2. The minimum Gasteiger partial charge on any atom is -0.462 e. The van der Waals surface area contributed by atoms with Gasteiger partial charge in [0.25, 0.3) is 5.56 Å². The van der Waals surface area contributed by atoms with Gasteiger partial charge in [-0.15, -0.1) is 0 Å². The average molecular weight is 312 g/mol. The van der Waals surface area contributed by atoms with E-state index < -0.39 is 29.5 Å². The van der Waals surface area contributed by atoms with Crippen LogP contribution in [-0.4, -0.2) is 39.5 Å². The zero-order valence-corrected chi connectivity index (χ0v) is 12.5. The molecular formula is C13H20N4O5. The molecule has 1 aromatic rings. The molecule has 1 aliphatic rings. The molecule has 1 aliphatic heterocycles. The van der Waals surface area contributed by atoms with Gasteiger partial charge in [0.2, 0.25) is 0 Å². The van der Waals surface area contributed by atoms with E-state index in [0.29, 0.717) is 12.8 Å². The summed E-state index contributed by atoms with van der Waals surface area (Å²) in [5.41, 5.74) is 4.50. The number of rotatable bonds is 5. The first-order chi connectivity index (χ1) is 10.4. The summed E-state index contributed by atoms with van der Waals surface area (Å²) in [5.74, 6) is -0.477. The Labute approximate surface area is 126 Å². The second-order valence-corrected chi connectivity index (χ2v) is 5.57. The van der Waals surface area contributed by atoms with Crippen molar-refractivity contribution in [2.24, 2.45) is 11.7 Å². The van der Waals surface area contributed by atoms with Crippen LogP contribution in [0.1, 0.15) is 32.9 Å². The third-order valence-corrected chi connectivity index (χ3v) is 3.50. The largest absolute Gasteiger partial charge is 0.462 e. The second-order valence-electron chi connectivity index (χ2n) is 5.57. The van der Waals surface area contributed by atoms with E-state index in [2.05, 4.69) is 10.1 Å². The average Bonchev–Trinajstić information content (AvgIpc) is 2.92. The molecule has 3 atom stereocenters. The molecule has 1 fully saturated rings. The van der Waals surface area contributed by atoms with Gasteiger partial charge in [-0.25, -0.2) is 4.79 Å². The minimum absolute atomic E-state index is 0.00587. The van der Waals surface area contributed by atoms with Crippen LogP contribution in [0.25, 0.3) is 0 Å². The highest BCUT2D eigenvalue weighted by Gasteiger charge is 2.30. The predicted octanol–water partition coefficient (Wildman–Crippen LogP) is -0.864. The number of esters is 1. The van der Waals surface area contributed by atoms with Gasteiger partial charge >= 0.3 is 11.7 Å². The van der Waals surface area contributed by atoms with Crippen molar-refractivity contribution < 1.29 is 14.3 Å². The number of aromatic nitrogens is 3. The molecule has 0 spiro atoms. The van der Waals surface area contributed by atoms with Crippen LogP contribution in [0.5, 0.6) is 0 Å². The summed E-state index contributed by atoms with van der Waals surface area (Å²) in [4.78, 5) is 36.4. The number of H-pyrrole nitrogens is 1. The lowest BCUT2D eigenvalue weighted by molar-refractivity contribution is -0.151. The van der Waals surface area contributed by atoms with Crippen LogP contribution in [0.15, 0.2) is 15.8 Å². The van der Waals surface area contributed by atoms with Crippen LogP contribution in [0.2, 0.25) is 0 Å². The highest BCUT2D eigenvalue weighted by molar-refractivity contribution is 5.75. The molecule has 0 saturated carbocycles. The van der Waals surface area contributed by atoms with E-state index >= 15 is 0 Å². The molecular weight excluding hydrogens is 292 g/mol. The van der Waals surface area contributed by atoms with Gasteiger partial charge in [-0.2, -0.15) is 9.78 Å². The zero-order valence-electron chi connectivity index (χ0n) is 12.5. The van der Waals surface area contributed by atoms with Crippen molar-refractivity contribution in [2.75, 3.05) is 6.61 Å². The first-order valence-electron chi connectivity index (χ1n) is 7.14. The van der Waals surface area contributed by atoms with Crippen LogP contribution in [0.4, 0.5) is 0 Å². The van der Waals surface area contributed by atoms with Crippen LogP contribution in [0.3, 0.4) is 0 Å². The van der Waals surface area contributed by atoms with Crippen LogP contribution < -0.4 is 17.0 Å². The first-order valence-corrected chi connectivity index (χ1v) is 7.14. The molecule has 9 nitrogen and oxygen atoms in total. The molecule has 1 saturated heterocycles. The third-order valence-electron chi connectivity index (χ3n) is 3.50. The third kappa shape index (κ3) is 3.80. The molecule has 9 heteroatoms. The predicted molar refractivity (Wildman–Crippen MR) is 76.0 cm³/mol. The summed E-state index contributed by atoms with van der Waals surface area (Å²) in [6.07, 6.45) is 1.26. The highest BCUT2D eigenvalue weighted by Crippen LogP contribution is 2.26. The maximum Gasteiger partial charge on any atom is 0.347 e. The Hall–Kier alpha value is -2.00. The topological polar surface area (TPSA) is 129 Å². The number of nitrogens with two attached hydrogens (primary N) is 1. The summed E-state index contributed by atoms with van der Waals surface area (Å²) in [6.45, 7) is 3.75. The van der Waals surface area contributed by atoms with Crippen molar-refractivity contribution in [1.29, 1.82) is 0 Å². The van der Waals surface area contributed by atoms with Gasteiger partial charge in [0, 0.05) is 0 Å². The Bertz CT molecular complexity index is 638. The summed E-state index contributed by atoms with van der Waals surface area (Å²) in [6, 6.07) is -0.666. The number of nitrogens with one attached hydrogen (secondary N) is 1. The van der Waals surface area contributed by atoms with Crippen LogP contribution in [0, 0.1) is 5.92 Å². The van der Waals surface area contributed by atoms with Crippen molar-refractivity contribution in [3.05, 3.63) is 27.0 Å². The molecule has 0 amide bonds. The smallest absolute Gasteiger partial charge is 0.347 e. The number of carbonyl (C=O) groups excluding carboxylic acids is 1. The molecule has 122 valence electrons. The van der Waals surface area contributed by atoms with Crippen molar-refractivity contribution in [1.82, 2.24) is 14.8 Å².